The quantitative estimate of drug-likeness (QED) is 0.779. The molecule has 2 heteroatoms. The molecule has 0 spiro atoms. The number of hydrogen-bond donors (Lipinski definition) is 2. The molecule has 0 aromatic heterocycles. The second-order valence-electron chi connectivity index (χ2n) is 7.02. The van der Waals surface area contributed by atoms with Crippen LogP contribution in [0, 0.1) is 29.1 Å². The first-order valence-electron chi connectivity index (χ1n) is 7.27. The van der Waals surface area contributed by atoms with E-state index in [1.807, 2.05) is 0 Å². The van der Waals surface area contributed by atoms with Gasteiger partial charge in [-0.15, -0.1) is 0 Å². The molecule has 0 aromatic carbocycles. The van der Waals surface area contributed by atoms with Crippen LogP contribution >= 0.6 is 0 Å². The summed E-state index contributed by atoms with van der Waals surface area (Å²) >= 11 is 0. The van der Waals surface area contributed by atoms with Crippen LogP contribution in [0.5, 0.6) is 0 Å². The Morgan fingerprint density at radius 3 is 2.53 bits per heavy atom. The van der Waals surface area contributed by atoms with Crippen LogP contribution in [0.2, 0.25) is 0 Å². The van der Waals surface area contributed by atoms with E-state index in [0.29, 0.717) is 35.7 Å². The van der Waals surface area contributed by atoms with Crippen molar-refractivity contribution in [3.05, 3.63) is 0 Å². The first-order valence-corrected chi connectivity index (χ1v) is 7.27. The third-order valence-corrected chi connectivity index (χ3v) is 5.52. The molecule has 0 bridgehead atoms. The van der Waals surface area contributed by atoms with Gasteiger partial charge in [0.1, 0.15) is 0 Å². The lowest BCUT2D eigenvalue weighted by Gasteiger charge is -2.33. The molecular formula is C15H28O2. The number of aliphatic hydroxyl groups is 2. The summed E-state index contributed by atoms with van der Waals surface area (Å²) in [7, 11) is 0. The highest BCUT2D eigenvalue weighted by Gasteiger charge is 2.51. The van der Waals surface area contributed by atoms with Crippen LogP contribution in [-0.4, -0.2) is 22.9 Å². The molecule has 100 valence electrons. The maximum absolute atomic E-state index is 10.3. The zero-order valence-electron chi connectivity index (χ0n) is 11.5. The smallest absolute Gasteiger partial charge is 0.0579 e. The number of aliphatic hydroxyl groups excluding tert-OH is 2. The molecule has 17 heavy (non-hydrogen) atoms. The van der Waals surface area contributed by atoms with Gasteiger partial charge < -0.3 is 10.2 Å². The highest BCUT2D eigenvalue weighted by molar-refractivity contribution is 5.01. The SMILES string of the molecule is CC(C)[C@@H]1C(O)C[C@]2(C)CCC(CO)CC[C@@H]12. The molecule has 2 N–H and O–H groups in total. The fraction of sp³-hybridized carbons (Fsp3) is 1.00. The normalized spacial score (nSPS) is 46.9. The Labute approximate surface area is 105 Å². The van der Waals surface area contributed by atoms with Gasteiger partial charge in [0.25, 0.3) is 0 Å². The van der Waals surface area contributed by atoms with Gasteiger partial charge >= 0.3 is 0 Å². The first-order chi connectivity index (χ1) is 7.98. The zero-order chi connectivity index (χ0) is 12.6. The van der Waals surface area contributed by atoms with Gasteiger partial charge in [0.15, 0.2) is 0 Å². The molecule has 2 fully saturated rings. The van der Waals surface area contributed by atoms with E-state index in [2.05, 4.69) is 20.8 Å². The number of fused-ring (bicyclic) bond motifs is 1. The summed E-state index contributed by atoms with van der Waals surface area (Å²) in [5, 5.41) is 19.7. The molecule has 2 unspecified atom stereocenters. The van der Waals surface area contributed by atoms with Crippen LogP contribution in [-0.2, 0) is 0 Å². The lowest BCUT2D eigenvalue weighted by atomic mass is 9.71. The second-order valence-corrected chi connectivity index (χ2v) is 7.02. The van der Waals surface area contributed by atoms with E-state index in [1.165, 1.54) is 12.8 Å². The Balaban J connectivity index is 2.16. The molecule has 0 aromatic rings. The topological polar surface area (TPSA) is 40.5 Å². The molecule has 5 atom stereocenters. The van der Waals surface area contributed by atoms with Crippen LogP contribution in [0.4, 0.5) is 0 Å². The largest absolute Gasteiger partial charge is 0.396 e. The minimum absolute atomic E-state index is 0.101. The zero-order valence-corrected chi connectivity index (χ0v) is 11.5. The molecule has 2 aliphatic rings. The molecule has 0 saturated heterocycles. The summed E-state index contributed by atoms with van der Waals surface area (Å²) < 4.78 is 0. The first kappa shape index (κ1) is 13.4. The maximum Gasteiger partial charge on any atom is 0.0579 e. The molecule has 0 radical (unpaired) electrons. The van der Waals surface area contributed by atoms with Gasteiger partial charge in [-0.25, -0.2) is 0 Å². The van der Waals surface area contributed by atoms with E-state index in [9.17, 15) is 10.2 Å². The summed E-state index contributed by atoms with van der Waals surface area (Å²) in [5.74, 6) is 2.20. The molecule has 2 aliphatic carbocycles. The van der Waals surface area contributed by atoms with Crippen molar-refractivity contribution in [2.24, 2.45) is 29.1 Å². The van der Waals surface area contributed by atoms with Crippen molar-refractivity contribution in [2.45, 2.75) is 59.0 Å². The minimum atomic E-state index is -0.101. The van der Waals surface area contributed by atoms with Gasteiger partial charge in [0.05, 0.1) is 6.10 Å². The lowest BCUT2D eigenvalue weighted by molar-refractivity contribution is 0.0825. The highest BCUT2D eigenvalue weighted by atomic mass is 16.3. The third kappa shape index (κ3) is 2.39. The third-order valence-electron chi connectivity index (χ3n) is 5.52. The molecule has 0 heterocycles. The summed E-state index contributed by atoms with van der Waals surface area (Å²) in [6.07, 6.45) is 5.53. The summed E-state index contributed by atoms with van der Waals surface area (Å²) in [5.41, 5.74) is 0.318. The molecular weight excluding hydrogens is 212 g/mol. The lowest BCUT2D eigenvalue weighted by Crippen LogP contribution is -2.28. The van der Waals surface area contributed by atoms with Gasteiger partial charge in [-0.05, 0) is 61.2 Å². The molecule has 0 amide bonds. The summed E-state index contributed by atoms with van der Waals surface area (Å²) in [6, 6.07) is 0. The van der Waals surface area contributed by atoms with Gasteiger partial charge in [0, 0.05) is 6.61 Å². The van der Waals surface area contributed by atoms with E-state index in [1.54, 1.807) is 0 Å². The Kier molecular flexibility index (Phi) is 3.84. The van der Waals surface area contributed by atoms with Gasteiger partial charge in [-0.1, -0.05) is 20.8 Å². The number of hydrogen-bond acceptors (Lipinski definition) is 2. The van der Waals surface area contributed by atoms with Crippen LogP contribution in [0.15, 0.2) is 0 Å². The van der Waals surface area contributed by atoms with Gasteiger partial charge in [-0.2, -0.15) is 0 Å². The van der Waals surface area contributed by atoms with E-state index in [4.69, 9.17) is 0 Å². The van der Waals surface area contributed by atoms with Crippen LogP contribution in [0.3, 0.4) is 0 Å². The van der Waals surface area contributed by atoms with Crippen molar-refractivity contribution < 1.29 is 10.2 Å². The summed E-state index contributed by atoms with van der Waals surface area (Å²) in [4.78, 5) is 0. The van der Waals surface area contributed by atoms with Crippen LogP contribution < -0.4 is 0 Å². The predicted octanol–water partition coefficient (Wildman–Crippen LogP) is 2.83. The molecule has 2 saturated carbocycles. The van der Waals surface area contributed by atoms with Crippen molar-refractivity contribution in [3.8, 4) is 0 Å². The molecule has 2 nitrogen and oxygen atoms in total. The predicted molar refractivity (Wildman–Crippen MR) is 69.6 cm³/mol. The molecule has 2 rings (SSSR count). The molecule has 0 aliphatic heterocycles. The van der Waals surface area contributed by atoms with Crippen LogP contribution in [0.1, 0.15) is 52.9 Å². The minimum Gasteiger partial charge on any atom is -0.396 e. The van der Waals surface area contributed by atoms with Crippen LogP contribution in [0.25, 0.3) is 0 Å². The highest BCUT2D eigenvalue weighted by Crippen LogP contribution is 2.56. The Hall–Kier alpha value is -0.0800. The average Bonchev–Trinajstić information content (AvgIpc) is 2.39. The van der Waals surface area contributed by atoms with Crippen molar-refractivity contribution in [1.29, 1.82) is 0 Å². The van der Waals surface area contributed by atoms with Gasteiger partial charge in [-0.3, -0.25) is 0 Å². The van der Waals surface area contributed by atoms with Gasteiger partial charge in [0.2, 0.25) is 0 Å². The van der Waals surface area contributed by atoms with Crippen molar-refractivity contribution >= 4 is 0 Å². The Morgan fingerprint density at radius 1 is 1.24 bits per heavy atom. The van der Waals surface area contributed by atoms with Crippen molar-refractivity contribution in [1.82, 2.24) is 0 Å². The average molecular weight is 240 g/mol. The summed E-state index contributed by atoms with van der Waals surface area (Å²) in [6.45, 7) is 7.20. The van der Waals surface area contributed by atoms with E-state index in [0.717, 1.165) is 19.3 Å². The Morgan fingerprint density at radius 2 is 1.94 bits per heavy atom. The Bertz CT molecular complexity index is 264. The van der Waals surface area contributed by atoms with Crippen molar-refractivity contribution in [2.75, 3.05) is 6.61 Å². The maximum atomic E-state index is 10.3. The fourth-order valence-corrected chi connectivity index (χ4v) is 4.51. The fourth-order valence-electron chi connectivity index (χ4n) is 4.51. The number of rotatable bonds is 2. The van der Waals surface area contributed by atoms with E-state index in [-0.39, 0.29) is 6.10 Å². The van der Waals surface area contributed by atoms with Crippen molar-refractivity contribution in [3.63, 3.8) is 0 Å². The standard InChI is InChI=1S/C15H28O2/c1-10(2)14-12-5-4-11(9-16)6-7-15(12,3)8-13(14)17/h10-14,16-17H,4-9H2,1-3H3/t11?,12-,13?,14-,15-/m0/s1. The monoisotopic (exact) mass is 240 g/mol. The van der Waals surface area contributed by atoms with E-state index >= 15 is 0 Å². The van der Waals surface area contributed by atoms with E-state index < -0.39 is 0 Å². The second kappa shape index (κ2) is 4.89.